The second-order valence-corrected chi connectivity index (χ2v) is 8.22. The summed E-state index contributed by atoms with van der Waals surface area (Å²) in [5, 5.41) is 0. The third kappa shape index (κ3) is 4.00. The Morgan fingerprint density at radius 1 is 0.773 bits per heavy atom. The Balaban J connectivity index is 0.000000254. The fourth-order valence-corrected chi connectivity index (χ4v) is 5.25. The van der Waals surface area contributed by atoms with Crippen LogP contribution >= 0.6 is 0 Å². The van der Waals surface area contributed by atoms with Gasteiger partial charge in [-0.25, -0.2) is 0 Å². The summed E-state index contributed by atoms with van der Waals surface area (Å²) >= 11 is 0. The predicted molar refractivity (Wildman–Crippen MR) is 84.2 cm³/mol. The molecule has 0 aromatic rings. The molecule has 4 rings (SSSR count). The molecule has 0 aliphatic carbocycles. The minimum Gasteiger partial charge on any atom is -0.300 e. The van der Waals surface area contributed by atoms with Gasteiger partial charge in [-0.1, -0.05) is 12.8 Å². The summed E-state index contributed by atoms with van der Waals surface area (Å²) in [4.78, 5) is 5.74. The molecule has 0 amide bonds. The van der Waals surface area contributed by atoms with Crippen LogP contribution in [-0.4, -0.2) is 65.6 Å². The quantitative estimate of drug-likeness (QED) is 0.657. The number of hydrogen-bond donors (Lipinski definition) is 2. The molecular formula is C15H28N2O4S. The molecular weight excluding hydrogens is 304 g/mol. The van der Waals surface area contributed by atoms with Gasteiger partial charge in [0.1, 0.15) is 0 Å². The number of fused-ring (bicyclic) bond motifs is 6. The lowest BCUT2D eigenvalue weighted by Crippen LogP contribution is -2.63. The van der Waals surface area contributed by atoms with Gasteiger partial charge in [-0.2, -0.15) is 8.42 Å². The van der Waals surface area contributed by atoms with Crippen LogP contribution in [0.3, 0.4) is 0 Å². The normalized spacial score (nSPS) is 39.2. The molecule has 0 saturated carbocycles. The maximum atomic E-state index is 8.74. The molecule has 6 nitrogen and oxygen atoms in total. The molecule has 128 valence electrons. The van der Waals surface area contributed by atoms with Crippen LogP contribution in [-0.2, 0) is 10.4 Å². The lowest BCUT2D eigenvalue weighted by atomic mass is 9.71. The minimum atomic E-state index is -4.67. The van der Waals surface area contributed by atoms with Crippen LogP contribution in [0.15, 0.2) is 0 Å². The van der Waals surface area contributed by atoms with Crippen molar-refractivity contribution in [2.45, 2.75) is 57.0 Å². The third-order valence-corrected chi connectivity index (χ3v) is 5.96. The molecule has 4 fully saturated rings. The summed E-state index contributed by atoms with van der Waals surface area (Å²) in [6.07, 6.45) is 10.5. The molecule has 4 atom stereocenters. The predicted octanol–water partition coefficient (Wildman–Crippen LogP) is 1.69. The van der Waals surface area contributed by atoms with Gasteiger partial charge in [0.25, 0.3) is 0 Å². The van der Waals surface area contributed by atoms with E-state index in [-0.39, 0.29) is 0 Å². The molecule has 0 radical (unpaired) electrons. The summed E-state index contributed by atoms with van der Waals surface area (Å²) < 4.78 is 31.6. The zero-order valence-electron chi connectivity index (χ0n) is 13.1. The van der Waals surface area contributed by atoms with Crippen molar-refractivity contribution in [2.24, 2.45) is 11.8 Å². The highest BCUT2D eigenvalue weighted by molar-refractivity contribution is 7.79. The van der Waals surface area contributed by atoms with Gasteiger partial charge in [-0.05, 0) is 57.0 Å². The van der Waals surface area contributed by atoms with Gasteiger partial charge in [0, 0.05) is 25.2 Å². The zero-order valence-corrected chi connectivity index (χ0v) is 13.9. The number of hydrogen-bond acceptors (Lipinski definition) is 4. The number of nitrogens with zero attached hydrogens (tertiary/aromatic N) is 2. The molecule has 4 saturated heterocycles. The van der Waals surface area contributed by atoms with Crippen molar-refractivity contribution in [3.05, 3.63) is 0 Å². The summed E-state index contributed by atoms with van der Waals surface area (Å²) in [5.74, 6) is 2.03. The molecule has 0 aromatic carbocycles. The van der Waals surface area contributed by atoms with E-state index in [1.54, 1.807) is 6.42 Å². The SMILES string of the molecule is C1CCN2C[C@@H]3C[C@H](CN4CCCC[C@@H]34)[C@H]2C1.O=S(=O)(O)O. The molecule has 4 aliphatic heterocycles. The van der Waals surface area contributed by atoms with Crippen molar-refractivity contribution in [3.63, 3.8) is 0 Å². The summed E-state index contributed by atoms with van der Waals surface area (Å²) in [6, 6.07) is 1.92. The molecule has 2 N–H and O–H groups in total. The molecule has 0 unspecified atom stereocenters. The van der Waals surface area contributed by atoms with Gasteiger partial charge in [-0.3, -0.25) is 18.9 Å². The van der Waals surface area contributed by atoms with Crippen LogP contribution in [0.5, 0.6) is 0 Å². The van der Waals surface area contributed by atoms with E-state index in [0.717, 1.165) is 23.9 Å². The Hall–Kier alpha value is -0.210. The van der Waals surface area contributed by atoms with Crippen LogP contribution in [0.1, 0.15) is 44.9 Å². The van der Waals surface area contributed by atoms with E-state index in [1.165, 1.54) is 64.7 Å². The zero-order chi connectivity index (χ0) is 15.7. The van der Waals surface area contributed by atoms with E-state index in [2.05, 4.69) is 9.80 Å². The van der Waals surface area contributed by atoms with Gasteiger partial charge < -0.3 is 0 Å². The van der Waals surface area contributed by atoms with Crippen molar-refractivity contribution in [1.82, 2.24) is 9.80 Å². The van der Waals surface area contributed by atoms with Crippen LogP contribution < -0.4 is 0 Å². The first kappa shape index (κ1) is 16.6. The first-order chi connectivity index (χ1) is 10.4. The highest BCUT2D eigenvalue weighted by Gasteiger charge is 2.46. The van der Waals surface area contributed by atoms with Gasteiger partial charge in [0.15, 0.2) is 0 Å². The fourth-order valence-electron chi connectivity index (χ4n) is 5.25. The Morgan fingerprint density at radius 2 is 1.18 bits per heavy atom. The monoisotopic (exact) mass is 332 g/mol. The highest BCUT2D eigenvalue weighted by Crippen LogP contribution is 2.42. The van der Waals surface area contributed by atoms with Crippen molar-refractivity contribution in [1.29, 1.82) is 0 Å². The van der Waals surface area contributed by atoms with E-state index in [0.29, 0.717) is 0 Å². The lowest BCUT2D eigenvalue weighted by Gasteiger charge is -2.57. The van der Waals surface area contributed by atoms with Crippen LogP contribution in [0, 0.1) is 11.8 Å². The van der Waals surface area contributed by atoms with Gasteiger partial charge in [0.2, 0.25) is 0 Å². The Bertz CT molecular complexity index is 448. The Kier molecular flexibility index (Phi) is 5.09. The second-order valence-electron chi connectivity index (χ2n) is 7.32. The lowest BCUT2D eigenvalue weighted by molar-refractivity contribution is -0.0718. The number of piperidine rings is 4. The van der Waals surface area contributed by atoms with Crippen molar-refractivity contribution in [2.75, 3.05) is 26.2 Å². The first-order valence-corrected chi connectivity index (χ1v) is 9.99. The molecule has 0 aromatic heterocycles. The molecule has 0 spiro atoms. The second kappa shape index (κ2) is 6.73. The smallest absolute Gasteiger partial charge is 0.300 e. The molecule has 4 heterocycles. The van der Waals surface area contributed by atoms with E-state index in [1.807, 2.05) is 0 Å². The van der Waals surface area contributed by atoms with Gasteiger partial charge in [-0.15, -0.1) is 0 Å². The Labute approximate surface area is 133 Å². The first-order valence-electron chi connectivity index (χ1n) is 8.60. The van der Waals surface area contributed by atoms with E-state index in [9.17, 15) is 0 Å². The third-order valence-electron chi connectivity index (χ3n) is 5.96. The van der Waals surface area contributed by atoms with E-state index >= 15 is 0 Å². The molecule has 4 aliphatic rings. The largest absolute Gasteiger partial charge is 0.394 e. The van der Waals surface area contributed by atoms with E-state index < -0.39 is 10.4 Å². The van der Waals surface area contributed by atoms with Crippen LogP contribution in [0.2, 0.25) is 0 Å². The van der Waals surface area contributed by atoms with Gasteiger partial charge in [0.05, 0.1) is 0 Å². The maximum Gasteiger partial charge on any atom is 0.394 e. The van der Waals surface area contributed by atoms with E-state index in [4.69, 9.17) is 17.5 Å². The number of rotatable bonds is 0. The molecule has 22 heavy (non-hydrogen) atoms. The summed E-state index contributed by atoms with van der Waals surface area (Å²) in [7, 11) is -4.67. The van der Waals surface area contributed by atoms with Crippen LogP contribution in [0.4, 0.5) is 0 Å². The molecule has 2 bridgehead atoms. The average molecular weight is 332 g/mol. The fraction of sp³-hybridized carbons (Fsp3) is 1.00. The van der Waals surface area contributed by atoms with Gasteiger partial charge >= 0.3 is 10.4 Å². The standard InChI is InChI=1S/C15H26N2.H2O4S/c1-3-7-16-11-13-9-12(14(16)5-1)10-17-8-4-2-6-15(13)17;1-5(2,3)4/h12-15H,1-11H2;(H2,1,2,3,4)/t12-,13+,14-,15+;. The maximum absolute atomic E-state index is 8.74. The van der Waals surface area contributed by atoms with Crippen molar-refractivity contribution < 1.29 is 17.5 Å². The highest BCUT2D eigenvalue weighted by atomic mass is 32.3. The average Bonchev–Trinajstić information content (AvgIpc) is 2.46. The van der Waals surface area contributed by atoms with Crippen molar-refractivity contribution in [3.8, 4) is 0 Å². The Morgan fingerprint density at radius 3 is 1.59 bits per heavy atom. The summed E-state index contributed by atoms with van der Waals surface area (Å²) in [6.45, 7) is 5.68. The van der Waals surface area contributed by atoms with Crippen molar-refractivity contribution >= 4 is 10.4 Å². The topological polar surface area (TPSA) is 81.1 Å². The summed E-state index contributed by atoms with van der Waals surface area (Å²) in [5.41, 5.74) is 0. The minimum absolute atomic E-state index is 0.961. The molecule has 7 heteroatoms. The van der Waals surface area contributed by atoms with Crippen LogP contribution in [0.25, 0.3) is 0 Å².